The maximum Gasteiger partial charge on any atom is 0.336 e. The molecule has 186 valence electrons. The summed E-state index contributed by atoms with van der Waals surface area (Å²) in [7, 11) is 3.03. The highest BCUT2D eigenvalue weighted by Gasteiger charge is 2.19. The Hall–Kier alpha value is -4.51. The summed E-state index contributed by atoms with van der Waals surface area (Å²) in [6.45, 7) is 0. The van der Waals surface area contributed by atoms with Crippen LogP contribution in [0.15, 0.2) is 65.6 Å². The minimum atomic E-state index is -1.42. The molecule has 0 aliphatic heterocycles. The molecule has 0 radical (unpaired) electrons. The Bertz CT molecular complexity index is 1310. The van der Waals surface area contributed by atoms with Crippen LogP contribution in [0, 0.1) is 0 Å². The number of amides is 2. The minimum Gasteiger partial charge on any atom is -0.497 e. The molecule has 0 aliphatic carbocycles. The van der Waals surface area contributed by atoms with Crippen LogP contribution in [0.25, 0.3) is 0 Å². The van der Waals surface area contributed by atoms with E-state index in [2.05, 4.69) is 10.6 Å². The lowest BCUT2D eigenvalue weighted by molar-refractivity contribution is -0.113. The van der Waals surface area contributed by atoms with E-state index in [1.54, 1.807) is 42.5 Å². The zero-order valence-corrected chi connectivity index (χ0v) is 20.0. The molecule has 0 aromatic heterocycles. The summed E-state index contributed by atoms with van der Waals surface area (Å²) in [5.41, 5.74) is 0.0879. The average molecular weight is 511 g/mol. The fourth-order valence-electron chi connectivity index (χ4n) is 3.12. The molecule has 0 aliphatic rings. The molecule has 0 saturated carbocycles. The highest BCUT2D eigenvalue weighted by molar-refractivity contribution is 8.00. The maximum atomic E-state index is 12.6. The molecule has 4 N–H and O–H groups in total. The Morgan fingerprint density at radius 1 is 0.806 bits per heavy atom. The van der Waals surface area contributed by atoms with Gasteiger partial charge in [0.2, 0.25) is 5.91 Å². The smallest absolute Gasteiger partial charge is 0.336 e. The third-order valence-corrected chi connectivity index (χ3v) is 5.92. The molecule has 0 fully saturated rings. The highest BCUT2D eigenvalue weighted by atomic mass is 32.2. The first-order valence-corrected chi connectivity index (χ1v) is 11.4. The molecule has 3 aromatic carbocycles. The Labute approximate surface area is 210 Å². The number of hydrogen-bond acceptors (Lipinski definition) is 7. The molecule has 0 bridgehead atoms. The second-order valence-corrected chi connectivity index (χ2v) is 8.30. The summed E-state index contributed by atoms with van der Waals surface area (Å²) in [6.07, 6.45) is 0. The van der Waals surface area contributed by atoms with Crippen molar-refractivity contribution in [3.8, 4) is 11.5 Å². The molecular weight excluding hydrogens is 488 g/mol. The lowest BCUT2D eigenvalue weighted by Gasteiger charge is -2.12. The Morgan fingerprint density at radius 2 is 1.53 bits per heavy atom. The van der Waals surface area contributed by atoms with E-state index in [4.69, 9.17) is 14.6 Å². The SMILES string of the molecule is COc1ccc(NC(=O)CSc2ccc(NC(=O)c3ccc(C(=O)O)cc3C(=O)O)cc2)c(OC)c1. The van der Waals surface area contributed by atoms with Crippen LogP contribution in [0.2, 0.25) is 0 Å². The molecule has 11 heteroatoms. The number of carbonyl (C=O) groups excluding carboxylic acids is 2. The van der Waals surface area contributed by atoms with Gasteiger partial charge in [-0.15, -0.1) is 11.8 Å². The predicted molar refractivity (Wildman–Crippen MR) is 134 cm³/mol. The van der Waals surface area contributed by atoms with E-state index in [9.17, 15) is 24.3 Å². The van der Waals surface area contributed by atoms with E-state index in [0.717, 1.165) is 23.1 Å². The maximum absolute atomic E-state index is 12.6. The van der Waals surface area contributed by atoms with Crippen molar-refractivity contribution in [3.63, 3.8) is 0 Å². The predicted octanol–water partition coefficient (Wildman–Crippen LogP) is 4.08. The molecule has 0 atom stereocenters. The summed E-state index contributed by atoms with van der Waals surface area (Å²) in [5.74, 6) is -2.46. The molecular formula is C25H22N2O8S. The lowest BCUT2D eigenvalue weighted by atomic mass is 10.0. The zero-order valence-electron chi connectivity index (χ0n) is 19.2. The summed E-state index contributed by atoms with van der Waals surface area (Å²) >= 11 is 1.28. The number of carboxylic acids is 2. The van der Waals surface area contributed by atoms with Crippen LogP contribution in [0.4, 0.5) is 11.4 Å². The average Bonchev–Trinajstić information content (AvgIpc) is 2.88. The van der Waals surface area contributed by atoms with Gasteiger partial charge >= 0.3 is 11.9 Å². The first-order valence-electron chi connectivity index (χ1n) is 10.4. The second-order valence-electron chi connectivity index (χ2n) is 7.25. The molecule has 2 amide bonds. The molecule has 0 saturated heterocycles. The number of aromatic carboxylic acids is 2. The molecule has 0 unspecified atom stereocenters. The molecule has 36 heavy (non-hydrogen) atoms. The van der Waals surface area contributed by atoms with Crippen molar-refractivity contribution < 1.29 is 38.9 Å². The van der Waals surface area contributed by atoms with Crippen LogP contribution in [-0.4, -0.2) is 53.9 Å². The summed E-state index contributed by atoms with van der Waals surface area (Å²) in [4.78, 5) is 48.3. The van der Waals surface area contributed by atoms with E-state index in [1.807, 2.05) is 0 Å². The van der Waals surface area contributed by atoms with Gasteiger partial charge in [-0.25, -0.2) is 9.59 Å². The van der Waals surface area contributed by atoms with Gasteiger partial charge in [0.25, 0.3) is 5.91 Å². The fourth-order valence-corrected chi connectivity index (χ4v) is 3.82. The highest BCUT2D eigenvalue weighted by Crippen LogP contribution is 2.29. The van der Waals surface area contributed by atoms with E-state index >= 15 is 0 Å². The van der Waals surface area contributed by atoms with Gasteiger partial charge in [-0.2, -0.15) is 0 Å². The van der Waals surface area contributed by atoms with Crippen LogP contribution >= 0.6 is 11.8 Å². The molecule has 10 nitrogen and oxygen atoms in total. The number of hydrogen-bond donors (Lipinski definition) is 4. The number of carbonyl (C=O) groups is 4. The van der Waals surface area contributed by atoms with Crippen LogP contribution in [0.3, 0.4) is 0 Å². The second kappa shape index (κ2) is 11.8. The minimum absolute atomic E-state index is 0.124. The number of nitrogens with one attached hydrogen (secondary N) is 2. The first-order chi connectivity index (χ1) is 17.2. The van der Waals surface area contributed by atoms with Crippen molar-refractivity contribution in [3.05, 3.63) is 77.4 Å². The first kappa shape index (κ1) is 26.1. The summed E-state index contributed by atoms with van der Waals surface area (Å²) in [5, 5.41) is 23.8. The van der Waals surface area contributed by atoms with Gasteiger partial charge in [0.15, 0.2) is 0 Å². The third-order valence-electron chi connectivity index (χ3n) is 4.91. The van der Waals surface area contributed by atoms with Crippen molar-refractivity contribution in [2.75, 3.05) is 30.6 Å². The quantitative estimate of drug-likeness (QED) is 0.296. The van der Waals surface area contributed by atoms with Crippen LogP contribution in [0.1, 0.15) is 31.1 Å². The Morgan fingerprint density at radius 3 is 2.14 bits per heavy atom. The Balaban J connectivity index is 1.60. The van der Waals surface area contributed by atoms with Crippen molar-refractivity contribution in [2.45, 2.75) is 4.90 Å². The van der Waals surface area contributed by atoms with Gasteiger partial charge in [-0.1, -0.05) is 0 Å². The van der Waals surface area contributed by atoms with Crippen molar-refractivity contribution >= 4 is 46.9 Å². The molecule has 0 heterocycles. The van der Waals surface area contributed by atoms with E-state index in [0.29, 0.717) is 22.9 Å². The van der Waals surface area contributed by atoms with Gasteiger partial charge in [0, 0.05) is 16.6 Å². The number of thioether (sulfide) groups is 1. The molecule has 3 rings (SSSR count). The monoisotopic (exact) mass is 510 g/mol. The zero-order chi connectivity index (χ0) is 26.2. The van der Waals surface area contributed by atoms with E-state index in [-0.39, 0.29) is 22.8 Å². The summed E-state index contributed by atoms with van der Waals surface area (Å²) in [6, 6.07) is 14.9. The summed E-state index contributed by atoms with van der Waals surface area (Å²) < 4.78 is 10.4. The number of ether oxygens (including phenoxy) is 2. The van der Waals surface area contributed by atoms with E-state index in [1.165, 1.54) is 26.0 Å². The number of methoxy groups -OCH3 is 2. The van der Waals surface area contributed by atoms with Crippen molar-refractivity contribution in [1.29, 1.82) is 0 Å². The van der Waals surface area contributed by atoms with Crippen LogP contribution in [-0.2, 0) is 4.79 Å². The molecule has 0 spiro atoms. The van der Waals surface area contributed by atoms with Gasteiger partial charge < -0.3 is 30.3 Å². The number of rotatable bonds is 10. The normalized spacial score (nSPS) is 10.3. The van der Waals surface area contributed by atoms with Gasteiger partial charge in [0.1, 0.15) is 11.5 Å². The lowest BCUT2D eigenvalue weighted by Crippen LogP contribution is -2.17. The van der Waals surface area contributed by atoms with Gasteiger partial charge in [-0.05, 0) is 54.6 Å². The Kier molecular flexibility index (Phi) is 8.52. The van der Waals surface area contributed by atoms with Crippen LogP contribution < -0.4 is 20.1 Å². The topological polar surface area (TPSA) is 151 Å². The van der Waals surface area contributed by atoms with E-state index < -0.39 is 23.4 Å². The van der Waals surface area contributed by atoms with Crippen molar-refractivity contribution in [2.24, 2.45) is 0 Å². The third kappa shape index (κ3) is 6.54. The number of carboxylic acid groups (broad SMARTS) is 2. The largest absolute Gasteiger partial charge is 0.497 e. The number of anilines is 2. The van der Waals surface area contributed by atoms with Crippen molar-refractivity contribution in [1.82, 2.24) is 0 Å². The molecule has 3 aromatic rings. The fraction of sp³-hybridized carbons (Fsp3) is 0.120. The number of benzene rings is 3. The van der Waals surface area contributed by atoms with Gasteiger partial charge in [-0.3, -0.25) is 9.59 Å². The van der Waals surface area contributed by atoms with Crippen LogP contribution in [0.5, 0.6) is 11.5 Å². The van der Waals surface area contributed by atoms with Gasteiger partial charge in [0.05, 0.1) is 42.4 Å². The standard InChI is InChI=1S/C25H22N2O8S/c1-34-16-6-10-20(21(12-16)35-2)27-22(28)13-36-17-7-4-15(5-8-17)26-23(29)18-9-3-14(24(30)31)11-19(18)25(32)33/h3-12H,13H2,1-2H3,(H,26,29)(H,27,28)(H,30,31)(H,32,33).